The van der Waals surface area contributed by atoms with Crippen molar-refractivity contribution in [2.75, 3.05) is 17.5 Å². The smallest absolute Gasteiger partial charge is 0.266 e. The van der Waals surface area contributed by atoms with E-state index in [9.17, 15) is 13.2 Å². The molecule has 0 radical (unpaired) electrons. The number of rotatable bonds is 8. The molecule has 2 aromatic rings. The molecule has 0 aliphatic rings. The second kappa shape index (κ2) is 8.44. The summed E-state index contributed by atoms with van der Waals surface area (Å²) in [5.41, 5.74) is 5.44. The van der Waals surface area contributed by atoms with Gasteiger partial charge >= 0.3 is 0 Å². The lowest BCUT2D eigenvalue weighted by Crippen LogP contribution is -2.38. The van der Waals surface area contributed by atoms with Gasteiger partial charge < -0.3 is 10.5 Å². The summed E-state index contributed by atoms with van der Waals surface area (Å²) < 4.78 is 32.4. The molecule has 0 unspecified atom stereocenters. The Labute approximate surface area is 161 Å². The van der Waals surface area contributed by atoms with Gasteiger partial charge in [-0.2, -0.15) is 0 Å². The van der Waals surface area contributed by atoms with Crippen LogP contribution in [0.5, 0.6) is 5.75 Å². The molecule has 9 heteroatoms. The molecule has 0 bridgehead atoms. The summed E-state index contributed by atoms with van der Waals surface area (Å²) in [5.74, 6) is -0.423. The minimum Gasteiger partial charge on any atom is -0.489 e. The summed E-state index contributed by atoms with van der Waals surface area (Å²) in [7, 11) is -4.20. The molecule has 0 aromatic heterocycles. The van der Waals surface area contributed by atoms with Crippen LogP contribution in [0, 0.1) is 0 Å². The molecular weight excluding hydrogens is 399 g/mol. The molecule has 0 atom stereocenters. The van der Waals surface area contributed by atoms with Gasteiger partial charge in [-0.25, -0.2) is 8.42 Å². The number of nitrogens with zero attached hydrogens (tertiary/aromatic N) is 1. The van der Waals surface area contributed by atoms with E-state index in [1.807, 2.05) is 0 Å². The van der Waals surface area contributed by atoms with Crippen LogP contribution in [-0.4, -0.2) is 27.5 Å². The maximum Gasteiger partial charge on any atom is 0.266 e. The van der Waals surface area contributed by atoms with E-state index in [1.54, 1.807) is 18.2 Å². The molecule has 138 valence electrons. The molecule has 0 aliphatic heterocycles. The van der Waals surface area contributed by atoms with Crippen molar-refractivity contribution in [1.29, 1.82) is 0 Å². The Morgan fingerprint density at radius 2 is 1.96 bits per heavy atom. The Morgan fingerprint density at radius 1 is 1.23 bits per heavy atom. The third-order valence-electron chi connectivity index (χ3n) is 3.23. The first kappa shape index (κ1) is 20.1. The van der Waals surface area contributed by atoms with Gasteiger partial charge in [-0.15, -0.1) is 0 Å². The van der Waals surface area contributed by atoms with E-state index < -0.39 is 22.5 Å². The van der Waals surface area contributed by atoms with Crippen molar-refractivity contribution in [2.24, 2.45) is 5.73 Å². The van der Waals surface area contributed by atoms with Crippen LogP contribution in [0.3, 0.4) is 0 Å². The number of sulfonamides is 1. The Balaban J connectivity index is 2.55. The second-order valence-electron chi connectivity index (χ2n) is 5.15. The lowest BCUT2D eigenvalue weighted by molar-refractivity contribution is -0.116. The number of ether oxygens (including phenoxy) is 1. The second-order valence-corrected chi connectivity index (χ2v) is 7.82. The monoisotopic (exact) mass is 414 g/mol. The lowest BCUT2D eigenvalue weighted by atomic mass is 10.3. The van der Waals surface area contributed by atoms with Crippen molar-refractivity contribution in [3.63, 3.8) is 0 Å². The molecule has 0 saturated carbocycles. The number of halogens is 2. The highest BCUT2D eigenvalue weighted by atomic mass is 35.5. The zero-order chi connectivity index (χ0) is 19.3. The maximum absolute atomic E-state index is 13.1. The van der Waals surface area contributed by atoms with Crippen LogP contribution in [0.2, 0.25) is 10.0 Å². The van der Waals surface area contributed by atoms with E-state index in [1.165, 1.54) is 30.3 Å². The van der Waals surface area contributed by atoms with Crippen LogP contribution >= 0.6 is 23.2 Å². The van der Waals surface area contributed by atoms with E-state index in [0.29, 0.717) is 5.75 Å². The van der Waals surface area contributed by atoms with E-state index in [0.717, 1.165) is 4.31 Å². The highest BCUT2D eigenvalue weighted by molar-refractivity contribution is 7.93. The van der Waals surface area contributed by atoms with Crippen molar-refractivity contribution >= 4 is 44.8 Å². The molecule has 0 saturated heterocycles. The van der Waals surface area contributed by atoms with Crippen molar-refractivity contribution in [1.82, 2.24) is 0 Å². The number of benzene rings is 2. The third kappa shape index (κ3) is 4.69. The quantitative estimate of drug-likeness (QED) is 0.671. The molecule has 0 spiro atoms. The van der Waals surface area contributed by atoms with Gasteiger partial charge in [-0.3, -0.25) is 9.10 Å². The number of hydrogen-bond acceptors (Lipinski definition) is 4. The SMILES string of the molecule is C=CCOc1cccc(N(CC(N)=O)S(=O)(=O)c2cc(Cl)ccc2Cl)c1. The average molecular weight is 415 g/mol. The number of carbonyl (C=O) groups excluding carboxylic acids is 1. The van der Waals surface area contributed by atoms with Crippen LogP contribution in [0.25, 0.3) is 0 Å². The summed E-state index contributed by atoms with van der Waals surface area (Å²) >= 11 is 11.9. The Kier molecular flexibility index (Phi) is 6.52. The van der Waals surface area contributed by atoms with E-state index in [2.05, 4.69) is 6.58 Å². The van der Waals surface area contributed by atoms with E-state index in [4.69, 9.17) is 33.7 Å². The molecule has 2 aromatic carbocycles. The fourth-order valence-corrected chi connectivity index (χ4v) is 4.30. The predicted octanol–water partition coefficient (Wildman–Crippen LogP) is 3.24. The molecular formula is C17H16Cl2N2O4S. The highest BCUT2D eigenvalue weighted by Gasteiger charge is 2.29. The summed E-state index contributed by atoms with van der Waals surface area (Å²) in [4.78, 5) is 11.3. The third-order valence-corrected chi connectivity index (χ3v) is 5.72. The summed E-state index contributed by atoms with van der Waals surface area (Å²) in [6.45, 7) is 3.22. The van der Waals surface area contributed by atoms with Crippen LogP contribution in [0.1, 0.15) is 0 Å². The van der Waals surface area contributed by atoms with Gasteiger partial charge in [0.15, 0.2) is 0 Å². The van der Waals surface area contributed by atoms with Gasteiger partial charge in [0.1, 0.15) is 23.8 Å². The number of carbonyl (C=O) groups is 1. The van der Waals surface area contributed by atoms with E-state index >= 15 is 0 Å². The first-order chi connectivity index (χ1) is 12.3. The lowest BCUT2D eigenvalue weighted by Gasteiger charge is -2.24. The van der Waals surface area contributed by atoms with Crippen molar-refractivity contribution < 1.29 is 17.9 Å². The molecule has 2 N–H and O–H groups in total. The van der Waals surface area contributed by atoms with Crippen molar-refractivity contribution in [3.05, 3.63) is 65.2 Å². The van der Waals surface area contributed by atoms with Gasteiger partial charge in [-0.05, 0) is 30.3 Å². The van der Waals surface area contributed by atoms with Crippen LogP contribution in [0.4, 0.5) is 5.69 Å². The summed E-state index contributed by atoms with van der Waals surface area (Å²) in [6, 6.07) is 10.3. The molecule has 1 amide bonds. The van der Waals surface area contributed by atoms with Gasteiger partial charge in [-0.1, -0.05) is 41.9 Å². The zero-order valence-electron chi connectivity index (χ0n) is 13.6. The van der Waals surface area contributed by atoms with Gasteiger partial charge in [0.25, 0.3) is 10.0 Å². The standard InChI is InChI=1S/C17H16Cl2N2O4S/c1-2-8-25-14-5-3-4-13(10-14)21(11-17(20)22)26(23,24)16-9-12(18)6-7-15(16)19/h2-7,9-10H,1,8,11H2,(H2,20,22). The first-order valence-electron chi connectivity index (χ1n) is 7.35. The number of primary amides is 1. The van der Waals surface area contributed by atoms with Crippen LogP contribution in [-0.2, 0) is 14.8 Å². The summed E-state index contributed by atoms with van der Waals surface area (Å²) in [6.07, 6.45) is 1.55. The minimum atomic E-state index is -4.20. The topological polar surface area (TPSA) is 89.7 Å². The van der Waals surface area contributed by atoms with Crippen LogP contribution in [0.15, 0.2) is 60.0 Å². The Hall–Kier alpha value is -2.22. The summed E-state index contributed by atoms with van der Waals surface area (Å²) in [5, 5.41) is 0.165. The first-order valence-corrected chi connectivity index (χ1v) is 9.55. The Bertz CT molecular complexity index is 932. The van der Waals surface area contributed by atoms with Crippen molar-refractivity contribution in [3.8, 4) is 5.75 Å². The van der Waals surface area contributed by atoms with Crippen LogP contribution < -0.4 is 14.8 Å². The largest absolute Gasteiger partial charge is 0.489 e. The molecule has 0 heterocycles. The molecule has 6 nitrogen and oxygen atoms in total. The number of amides is 1. The fourth-order valence-electron chi connectivity index (χ4n) is 2.13. The predicted molar refractivity (Wildman–Crippen MR) is 102 cm³/mol. The van der Waals surface area contributed by atoms with Gasteiger partial charge in [0.2, 0.25) is 5.91 Å². The highest BCUT2D eigenvalue weighted by Crippen LogP contribution is 2.31. The van der Waals surface area contributed by atoms with Gasteiger partial charge in [0.05, 0.1) is 10.7 Å². The Morgan fingerprint density at radius 3 is 2.62 bits per heavy atom. The molecule has 26 heavy (non-hydrogen) atoms. The van der Waals surface area contributed by atoms with Crippen molar-refractivity contribution in [2.45, 2.75) is 4.90 Å². The number of hydrogen-bond donors (Lipinski definition) is 1. The normalized spacial score (nSPS) is 11.0. The molecule has 0 aliphatic carbocycles. The minimum absolute atomic E-state index is 0.0251. The number of nitrogens with two attached hydrogens (primary N) is 1. The van der Waals surface area contributed by atoms with Gasteiger partial charge in [0, 0.05) is 11.1 Å². The van der Waals surface area contributed by atoms with E-state index in [-0.39, 0.29) is 27.2 Å². The average Bonchev–Trinajstić information content (AvgIpc) is 2.59. The molecule has 0 fully saturated rings. The fraction of sp³-hybridized carbons (Fsp3) is 0.118. The zero-order valence-corrected chi connectivity index (χ0v) is 15.9. The molecule has 2 rings (SSSR count). The maximum atomic E-state index is 13.1. The number of anilines is 1.